The molecule has 0 radical (unpaired) electrons. The molecule has 0 saturated carbocycles. The molecule has 2 N–H and O–H groups in total. The van der Waals surface area contributed by atoms with Gasteiger partial charge in [-0.05, 0) is 6.42 Å². The van der Waals surface area contributed by atoms with Crippen molar-refractivity contribution in [2.45, 2.75) is 38.1 Å². The average molecular weight is 190 g/mol. The highest BCUT2D eigenvalue weighted by Gasteiger charge is 2.28. The van der Waals surface area contributed by atoms with Gasteiger partial charge in [-0.2, -0.15) is 0 Å². The van der Waals surface area contributed by atoms with Gasteiger partial charge in [0.1, 0.15) is 12.2 Å². The highest BCUT2D eigenvalue weighted by atomic mass is 16.6. The molecule has 0 aromatic carbocycles. The maximum Gasteiger partial charge on any atom is 0.109 e. The molecule has 4 nitrogen and oxygen atoms in total. The third-order valence-electron chi connectivity index (χ3n) is 2.20. The first-order valence-corrected chi connectivity index (χ1v) is 4.81. The van der Waals surface area contributed by atoms with Gasteiger partial charge in [0.15, 0.2) is 0 Å². The van der Waals surface area contributed by atoms with Gasteiger partial charge in [-0.25, -0.2) is 0 Å². The van der Waals surface area contributed by atoms with Crippen LogP contribution in [0.15, 0.2) is 0 Å². The van der Waals surface area contributed by atoms with Crippen molar-refractivity contribution in [3.8, 4) is 0 Å². The molecule has 1 heterocycles. The Kier molecular flexibility index (Phi) is 4.66. The van der Waals surface area contributed by atoms with Gasteiger partial charge in [-0.15, -0.1) is 0 Å². The summed E-state index contributed by atoms with van der Waals surface area (Å²) >= 11 is 0. The van der Waals surface area contributed by atoms with E-state index in [-0.39, 0.29) is 6.10 Å². The van der Waals surface area contributed by atoms with E-state index in [4.69, 9.17) is 9.47 Å². The molecule has 78 valence electrons. The zero-order valence-corrected chi connectivity index (χ0v) is 7.98. The molecule has 3 atom stereocenters. The second kappa shape index (κ2) is 5.54. The molecule has 1 aliphatic rings. The van der Waals surface area contributed by atoms with E-state index in [1.807, 2.05) is 6.92 Å². The first kappa shape index (κ1) is 10.9. The molecule has 13 heavy (non-hydrogen) atoms. The summed E-state index contributed by atoms with van der Waals surface area (Å²) in [5.74, 6) is 0. The fourth-order valence-electron chi connectivity index (χ4n) is 1.42. The lowest BCUT2D eigenvalue weighted by atomic mass is 10.0. The maximum absolute atomic E-state index is 9.62. The second-order valence-corrected chi connectivity index (χ2v) is 3.33. The Balaban J connectivity index is 2.31. The third-order valence-corrected chi connectivity index (χ3v) is 2.20. The Morgan fingerprint density at radius 3 is 2.69 bits per heavy atom. The number of ether oxygens (including phenoxy) is 2. The number of hydrogen-bond donors (Lipinski definition) is 2. The van der Waals surface area contributed by atoms with Crippen LogP contribution in [0, 0.1) is 0 Å². The van der Waals surface area contributed by atoms with Crippen molar-refractivity contribution in [3.05, 3.63) is 0 Å². The Morgan fingerprint density at radius 2 is 2.15 bits per heavy atom. The predicted molar refractivity (Wildman–Crippen MR) is 47.5 cm³/mol. The summed E-state index contributed by atoms with van der Waals surface area (Å²) in [6.45, 7) is 3.42. The average Bonchev–Trinajstić information content (AvgIpc) is 2.18. The molecule has 0 bridgehead atoms. The van der Waals surface area contributed by atoms with Crippen LogP contribution in [0.25, 0.3) is 0 Å². The molecule has 4 heteroatoms. The van der Waals surface area contributed by atoms with Crippen LogP contribution in [0.4, 0.5) is 0 Å². The Bertz CT molecular complexity index is 134. The summed E-state index contributed by atoms with van der Waals surface area (Å²) in [4.78, 5) is 0. The SMILES string of the molecule is CCCC(O)C(O)C1COCCO1. The Labute approximate surface area is 78.5 Å². The van der Waals surface area contributed by atoms with Crippen LogP contribution in [0.3, 0.4) is 0 Å². The lowest BCUT2D eigenvalue weighted by Gasteiger charge is -2.29. The van der Waals surface area contributed by atoms with Crippen LogP contribution in [0.2, 0.25) is 0 Å². The van der Waals surface area contributed by atoms with Crippen molar-refractivity contribution >= 4 is 0 Å². The molecular formula is C9H18O4. The topological polar surface area (TPSA) is 58.9 Å². The highest BCUT2D eigenvalue weighted by molar-refractivity contribution is 4.77. The van der Waals surface area contributed by atoms with Gasteiger partial charge >= 0.3 is 0 Å². The van der Waals surface area contributed by atoms with Gasteiger partial charge in [0.05, 0.1) is 25.9 Å². The molecular weight excluding hydrogens is 172 g/mol. The molecule has 1 fully saturated rings. The third kappa shape index (κ3) is 3.23. The summed E-state index contributed by atoms with van der Waals surface area (Å²) < 4.78 is 10.4. The zero-order chi connectivity index (χ0) is 9.68. The smallest absolute Gasteiger partial charge is 0.109 e. The number of rotatable bonds is 4. The van der Waals surface area contributed by atoms with Crippen LogP contribution in [0.1, 0.15) is 19.8 Å². The van der Waals surface area contributed by atoms with Crippen molar-refractivity contribution < 1.29 is 19.7 Å². The largest absolute Gasteiger partial charge is 0.390 e. The van der Waals surface area contributed by atoms with Crippen LogP contribution in [0.5, 0.6) is 0 Å². The van der Waals surface area contributed by atoms with Crippen molar-refractivity contribution in [2.75, 3.05) is 19.8 Å². The monoisotopic (exact) mass is 190 g/mol. The predicted octanol–water partition coefficient (Wildman–Crippen LogP) is -0.0763. The summed E-state index contributed by atoms with van der Waals surface area (Å²) in [5, 5.41) is 19.1. The van der Waals surface area contributed by atoms with Gasteiger partial charge in [0.25, 0.3) is 0 Å². The second-order valence-electron chi connectivity index (χ2n) is 3.33. The zero-order valence-electron chi connectivity index (χ0n) is 7.98. The Morgan fingerprint density at radius 1 is 1.38 bits per heavy atom. The van der Waals surface area contributed by atoms with Crippen molar-refractivity contribution in [1.82, 2.24) is 0 Å². The van der Waals surface area contributed by atoms with Crippen molar-refractivity contribution in [1.29, 1.82) is 0 Å². The first-order chi connectivity index (χ1) is 6.25. The minimum absolute atomic E-state index is 0.365. The minimum Gasteiger partial charge on any atom is -0.390 e. The molecule has 3 unspecified atom stereocenters. The molecule has 0 aromatic heterocycles. The fraction of sp³-hybridized carbons (Fsp3) is 1.00. The number of aliphatic hydroxyl groups is 2. The summed E-state index contributed by atoms with van der Waals surface area (Å²) in [7, 11) is 0. The fourth-order valence-corrected chi connectivity index (χ4v) is 1.42. The minimum atomic E-state index is -0.819. The van der Waals surface area contributed by atoms with E-state index in [1.54, 1.807) is 0 Å². The quantitative estimate of drug-likeness (QED) is 0.651. The van der Waals surface area contributed by atoms with E-state index >= 15 is 0 Å². The molecule has 0 spiro atoms. The normalized spacial score (nSPS) is 28.4. The van der Waals surface area contributed by atoms with E-state index < -0.39 is 12.2 Å². The van der Waals surface area contributed by atoms with E-state index in [2.05, 4.69) is 0 Å². The van der Waals surface area contributed by atoms with Gasteiger partial charge < -0.3 is 19.7 Å². The molecule has 1 saturated heterocycles. The van der Waals surface area contributed by atoms with E-state index in [0.29, 0.717) is 26.2 Å². The first-order valence-electron chi connectivity index (χ1n) is 4.81. The van der Waals surface area contributed by atoms with Crippen molar-refractivity contribution in [2.24, 2.45) is 0 Å². The van der Waals surface area contributed by atoms with Crippen LogP contribution in [-0.2, 0) is 9.47 Å². The van der Waals surface area contributed by atoms with Crippen LogP contribution in [-0.4, -0.2) is 48.3 Å². The molecule has 0 aromatic rings. The summed E-state index contributed by atoms with van der Waals surface area (Å²) in [6.07, 6.45) is -0.431. The summed E-state index contributed by atoms with van der Waals surface area (Å²) in [5.41, 5.74) is 0. The van der Waals surface area contributed by atoms with E-state index in [9.17, 15) is 10.2 Å². The molecule has 1 aliphatic heterocycles. The molecule has 0 aliphatic carbocycles. The lowest BCUT2D eigenvalue weighted by Crippen LogP contribution is -2.44. The number of hydrogen-bond acceptors (Lipinski definition) is 4. The van der Waals surface area contributed by atoms with Gasteiger partial charge in [-0.3, -0.25) is 0 Å². The van der Waals surface area contributed by atoms with E-state index in [0.717, 1.165) is 6.42 Å². The van der Waals surface area contributed by atoms with Crippen molar-refractivity contribution in [3.63, 3.8) is 0 Å². The Hall–Kier alpha value is -0.160. The number of aliphatic hydroxyl groups excluding tert-OH is 2. The van der Waals surface area contributed by atoms with Crippen LogP contribution >= 0.6 is 0 Å². The maximum atomic E-state index is 9.62. The van der Waals surface area contributed by atoms with Crippen LogP contribution < -0.4 is 0 Å². The van der Waals surface area contributed by atoms with Gasteiger partial charge in [-0.1, -0.05) is 13.3 Å². The lowest BCUT2D eigenvalue weighted by molar-refractivity contribution is -0.156. The van der Waals surface area contributed by atoms with Gasteiger partial charge in [0, 0.05) is 0 Å². The molecule has 0 amide bonds. The van der Waals surface area contributed by atoms with Gasteiger partial charge in [0.2, 0.25) is 0 Å². The highest BCUT2D eigenvalue weighted by Crippen LogP contribution is 2.12. The molecule has 1 rings (SSSR count). The summed E-state index contributed by atoms with van der Waals surface area (Å²) in [6, 6.07) is 0. The van der Waals surface area contributed by atoms with E-state index in [1.165, 1.54) is 0 Å². The standard InChI is InChI=1S/C9H18O4/c1-2-3-7(10)9(11)8-6-12-4-5-13-8/h7-11H,2-6H2,1H3.